The van der Waals surface area contributed by atoms with Crippen LogP contribution in [0.5, 0.6) is 0 Å². The molecule has 92 valence electrons. The summed E-state index contributed by atoms with van der Waals surface area (Å²) in [6, 6.07) is 6.41. The minimum atomic E-state index is -0.111. The number of aryl methyl sites for hydroxylation is 2. The molecule has 3 heteroatoms. The minimum absolute atomic E-state index is 0.0543. The molecular formula is C14H19NO2. The van der Waals surface area contributed by atoms with Crippen molar-refractivity contribution in [2.24, 2.45) is 5.92 Å². The molecule has 1 aliphatic heterocycles. The van der Waals surface area contributed by atoms with Crippen LogP contribution in [-0.4, -0.2) is 26.2 Å². The summed E-state index contributed by atoms with van der Waals surface area (Å²) < 4.78 is 4.87. The molecule has 1 fully saturated rings. The number of benzene rings is 1. The highest BCUT2D eigenvalue weighted by Crippen LogP contribution is 2.31. The maximum atomic E-state index is 11.7. The quantitative estimate of drug-likeness (QED) is 0.791. The summed E-state index contributed by atoms with van der Waals surface area (Å²) in [6.07, 6.45) is 0. The van der Waals surface area contributed by atoms with Gasteiger partial charge in [0.15, 0.2) is 0 Å². The van der Waals surface area contributed by atoms with E-state index < -0.39 is 0 Å². The van der Waals surface area contributed by atoms with Crippen molar-refractivity contribution in [2.75, 3.05) is 20.2 Å². The number of carbonyl (C=O) groups is 1. The van der Waals surface area contributed by atoms with Crippen LogP contribution in [0.25, 0.3) is 0 Å². The molecule has 3 nitrogen and oxygen atoms in total. The number of hydrogen-bond acceptors (Lipinski definition) is 3. The van der Waals surface area contributed by atoms with Crippen LogP contribution in [0.3, 0.4) is 0 Å². The fraction of sp³-hybridized carbons (Fsp3) is 0.500. The van der Waals surface area contributed by atoms with Gasteiger partial charge in [0.2, 0.25) is 0 Å². The van der Waals surface area contributed by atoms with Gasteiger partial charge >= 0.3 is 5.97 Å². The Bertz CT molecular complexity index is 428. The number of ether oxygens (including phenoxy) is 1. The van der Waals surface area contributed by atoms with Crippen LogP contribution in [0.2, 0.25) is 0 Å². The third kappa shape index (κ3) is 2.34. The largest absolute Gasteiger partial charge is 0.469 e. The number of rotatable bonds is 2. The van der Waals surface area contributed by atoms with Crippen LogP contribution in [-0.2, 0) is 9.53 Å². The summed E-state index contributed by atoms with van der Waals surface area (Å²) in [6.45, 7) is 5.75. The molecule has 2 atom stereocenters. The summed E-state index contributed by atoms with van der Waals surface area (Å²) in [5, 5.41) is 3.28. The predicted octanol–water partition coefficient (Wildman–Crippen LogP) is 1.78. The Hall–Kier alpha value is -1.35. The highest BCUT2D eigenvalue weighted by Gasteiger charge is 2.35. The van der Waals surface area contributed by atoms with Crippen LogP contribution in [0.4, 0.5) is 0 Å². The molecule has 0 amide bonds. The fourth-order valence-electron chi connectivity index (χ4n) is 2.65. The van der Waals surface area contributed by atoms with E-state index in [4.69, 9.17) is 4.74 Å². The standard InChI is InChI=1S/C14H19NO2/c1-9-4-5-11(10(2)6-9)12-7-15-8-13(12)14(16)17-3/h4-6,12-13,15H,7-8H2,1-3H3/t12-,13+/m0/s1. The van der Waals surface area contributed by atoms with Gasteiger partial charge in [-0.25, -0.2) is 0 Å². The second-order valence-electron chi connectivity index (χ2n) is 4.75. The van der Waals surface area contributed by atoms with Crippen molar-refractivity contribution in [2.45, 2.75) is 19.8 Å². The Balaban J connectivity index is 2.29. The van der Waals surface area contributed by atoms with Gasteiger partial charge in [0.1, 0.15) is 0 Å². The van der Waals surface area contributed by atoms with Gasteiger partial charge in [-0.2, -0.15) is 0 Å². The van der Waals surface area contributed by atoms with E-state index >= 15 is 0 Å². The highest BCUT2D eigenvalue weighted by molar-refractivity contribution is 5.74. The molecule has 0 saturated carbocycles. The van der Waals surface area contributed by atoms with E-state index in [0.29, 0.717) is 6.54 Å². The van der Waals surface area contributed by atoms with Gasteiger partial charge in [-0.3, -0.25) is 4.79 Å². The summed E-state index contributed by atoms with van der Waals surface area (Å²) in [5.74, 6) is 0.0735. The first-order valence-corrected chi connectivity index (χ1v) is 5.99. The lowest BCUT2D eigenvalue weighted by Gasteiger charge is -2.19. The van der Waals surface area contributed by atoms with Crippen molar-refractivity contribution in [1.29, 1.82) is 0 Å². The SMILES string of the molecule is COC(=O)[C@@H]1CNC[C@H]1c1ccc(C)cc1C. The van der Waals surface area contributed by atoms with Gasteiger partial charge in [0, 0.05) is 19.0 Å². The monoisotopic (exact) mass is 233 g/mol. The molecule has 1 aromatic carbocycles. The minimum Gasteiger partial charge on any atom is -0.469 e. The first-order chi connectivity index (χ1) is 8.13. The zero-order valence-corrected chi connectivity index (χ0v) is 10.6. The first kappa shape index (κ1) is 12.1. The zero-order valence-electron chi connectivity index (χ0n) is 10.6. The van der Waals surface area contributed by atoms with Gasteiger partial charge in [0.25, 0.3) is 0 Å². The zero-order chi connectivity index (χ0) is 12.4. The summed E-state index contributed by atoms with van der Waals surface area (Å²) in [5.41, 5.74) is 3.77. The summed E-state index contributed by atoms with van der Waals surface area (Å²) in [7, 11) is 1.46. The van der Waals surface area contributed by atoms with E-state index in [1.54, 1.807) is 0 Å². The maximum Gasteiger partial charge on any atom is 0.310 e. The number of methoxy groups -OCH3 is 1. The molecule has 0 unspecified atom stereocenters. The average molecular weight is 233 g/mol. The van der Waals surface area contributed by atoms with Gasteiger partial charge < -0.3 is 10.1 Å². The normalized spacial score (nSPS) is 23.7. The fourth-order valence-corrected chi connectivity index (χ4v) is 2.65. The van der Waals surface area contributed by atoms with Gasteiger partial charge in [-0.05, 0) is 25.0 Å². The molecule has 2 rings (SSSR count). The lowest BCUT2D eigenvalue weighted by atomic mass is 9.86. The number of nitrogens with one attached hydrogen (secondary N) is 1. The van der Waals surface area contributed by atoms with Gasteiger partial charge in [0.05, 0.1) is 13.0 Å². The number of carbonyl (C=O) groups excluding carboxylic acids is 1. The topological polar surface area (TPSA) is 38.3 Å². The third-order valence-electron chi connectivity index (χ3n) is 3.54. The van der Waals surface area contributed by atoms with Gasteiger partial charge in [-0.1, -0.05) is 23.8 Å². The lowest BCUT2D eigenvalue weighted by molar-refractivity contribution is -0.145. The highest BCUT2D eigenvalue weighted by atomic mass is 16.5. The van der Waals surface area contributed by atoms with E-state index in [2.05, 4.69) is 37.4 Å². The van der Waals surface area contributed by atoms with E-state index in [1.807, 2.05) is 0 Å². The molecule has 0 bridgehead atoms. The van der Waals surface area contributed by atoms with Crippen LogP contribution in [0.15, 0.2) is 18.2 Å². The first-order valence-electron chi connectivity index (χ1n) is 5.99. The van der Waals surface area contributed by atoms with Crippen molar-refractivity contribution in [3.63, 3.8) is 0 Å². The summed E-state index contributed by atoms with van der Waals surface area (Å²) in [4.78, 5) is 11.7. The molecule has 1 aromatic rings. The van der Waals surface area contributed by atoms with E-state index in [0.717, 1.165) is 6.54 Å². The Morgan fingerprint density at radius 2 is 2.12 bits per heavy atom. The molecule has 0 aromatic heterocycles. The van der Waals surface area contributed by atoms with Crippen molar-refractivity contribution >= 4 is 5.97 Å². The molecule has 1 aliphatic rings. The second kappa shape index (κ2) is 4.88. The van der Waals surface area contributed by atoms with E-state index in [-0.39, 0.29) is 17.8 Å². The Morgan fingerprint density at radius 3 is 2.76 bits per heavy atom. The maximum absolute atomic E-state index is 11.7. The number of esters is 1. The van der Waals surface area contributed by atoms with E-state index in [1.165, 1.54) is 23.8 Å². The van der Waals surface area contributed by atoms with Crippen LogP contribution in [0.1, 0.15) is 22.6 Å². The van der Waals surface area contributed by atoms with Crippen molar-refractivity contribution < 1.29 is 9.53 Å². The van der Waals surface area contributed by atoms with Crippen LogP contribution < -0.4 is 5.32 Å². The average Bonchev–Trinajstić information content (AvgIpc) is 2.77. The smallest absolute Gasteiger partial charge is 0.310 e. The Labute approximate surface area is 102 Å². The lowest BCUT2D eigenvalue weighted by Crippen LogP contribution is -2.23. The Kier molecular flexibility index (Phi) is 3.48. The molecule has 1 heterocycles. The van der Waals surface area contributed by atoms with E-state index in [9.17, 15) is 4.79 Å². The van der Waals surface area contributed by atoms with Crippen molar-refractivity contribution in [3.8, 4) is 0 Å². The van der Waals surface area contributed by atoms with Crippen LogP contribution >= 0.6 is 0 Å². The molecule has 1 saturated heterocycles. The third-order valence-corrected chi connectivity index (χ3v) is 3.54. The molecule has 0 aliphatic carbocycles. The summed E-state index contributed by atoms with van der Waals surface area (Å²) >= 11 is 0. The molecule has 0 spiro atoms. The van der Waals surface area contributed by atoms with Crippen molar-refractivity contribution in [1.82, 2.24) is 5.32 Å². The molecule has 1 N–H and O–H groups in total. The predicted molar refractivity (Wildman–Crippen MR) is 67.0 cm³/mol. The Morgan fingerprint density at radius 1 is 1.35 bits per heavy atom. The molecule has 0 radical (unpaired) electrons. The number of hydrogen-bond donors (Lipinski definition) is 1. The second-order valence-corrected chi connectivity index (χ2v) is 4.75. The molecular weight excluding hydrogens is 214 g/mol. The van der Waals surface area contributed by atoms with Crippen molar-refractivity contribution in [3.05, 3.63) is 34.9 Å². The molecule has 17 heavy (non-hydrogen) atoms. The van der Waals surface area contributed by atoms with Crippen LogP contribution in [0, 0.1) is 19.8 Å². The van der Waals surface area contributed by atoms with Gasteiger partial charge in [-0.15, -0.1) is 0 Å².